The summed E-state index contributed by atoms with van der Waals surface area (Å²) < 4.78 is 12.4. The number of halogens is 1. The third-order valence-electron chi connectivity index (χ3n) is 5.19. The van der Waals surface area contributed by atoms with E-state index in [0.717, 1.165) is 50.4 Å². The van der Waals surface area contributed by atoms with Crippen molar-refractivity contribution in [1.29, 1.82) is 5.26 Å². The Balaban J connectivity index is 1.47. The number of ether oxygens (including phenoxy) is 2. The van der Waals surface area contributed by atoms with Gasteiger partial charge >= 0.3 is 0 Å². The number of nitrogens with one attached hydrogen (secondary N) is 1. The molecule has 5 rings (SSSR count). The standard InChI is InChI=1S/C23H16BrN5O2/c1-30-19-8-14-7-18-22(13-5-6-15(10-25)26-11-13)28-29-23(18)17(14)9-20(19)31-12-16-3-2-4-21(24)27-16/h2-6,8-9,11H,7,12H2,1H3,(H,28,29). The maximum absolute atomic E-state index is 8.97. The Bertz CT molecular complexity index is 1330. The Labute approximate surface area is 186 Å². The molecular formula is C23H16BrN5O2. The van der Waals surface area contributed by atoms with E-state index in [4.69, 9.17) is 14.7 Å². The highest BCUT2D eigenvalue weighted by Gasteiger charge is 2.27. The third kappa shape index (κ3) is 3.53. The molecule has 0 spiro atoms. The van der Waals surface area contributed by atoms with Crippen LogP contribution in [-0.2, 0) is 13.0 Å². The smallest absolute Gasteiger partial charge is 0.162 e. The van der Waals surface area contributed by atoms with Gasteiger partial charge in [0.25, 0.3) is 0 Å². The first-order chi connectivity index (χ1) is 15.2. The lowest BCUT2D eigenvalue weighted by molar-refractivity contribution is 0.280. The van der Waals surface area contributed by atoms with Gasteiger partial charge in [0.1, 0.15) is 23.0 Å². The lowest BCUT2D eigenvalue weighted by Gasteiger charge is -2.13. The number of nitriles is 1. The number of hydrogen-bond donors (Lipinski definition) is 1. The van der Waals surface area contributed by atoms with Crippen molar-refractivity contribution < 1.29 is 9.47 Å². The van der Waals surface area contributed by atoms with Gasteiger partial charge in [-0.3, -0.25) is 5.10 Å². The number of nitrogens with zero attached hydrogens (tertiary/aromatic N) is 4. The molecule has 0 saturated carbocycles. The molecule has 0 aliphatic heterocycles. The summed E-state index contributed by atoms with van der Waals surface area (Å²) in [5, 5.41) is 16.6. The van der Waals surface area contributed by atoms with Crippen molar-refractivity contribution in [1.82, 2.24) is 20.2 Å². The third-order valence-corrected chi connectivity index (χ3v) is 5.63. The molecule has 3 aromatic heterocycles. The highest BCUT2D eigenvalue weighted by molar-refractivity contribution is 9.10. The highest BCUT2D eigenvalue weighted by Crippen LogP contribution is 2.44. The summed E-state index contributed by atoms with van der Waals surface area (Å²) in [5.41, 5.74) is 7.12. The van der Waals surface area contributed by atoms with Crippen LogP contribution < -0.4 is 9.47 Å². The molecule has 0 fully saturated rings. The van der Waals surface area contributed by atoms with Crippen LogP contribution in [-0.4, -0.2) is 27.3 Å². The van der Waals surface area contributed by atoms with Crippen molar-refractivity contribution in [3.63, 3.8) is 0 Å². The number of pyridine rings is 2. The lowest BCUT2D eigenvalue weighted by Crippen LogP contribution is -2.01. The van der Waals surface area contributed by atoms with Gasteiger partial charge in [0.15, 0.2) is 11.5 Å². The van der Waals surface area contributed by atoms with Gasteiger partial charge in [-0.2, -0.15) is 10.4 Å². The van der Waals surface area contributed by atoms with Crippen LogP contribution in [0.15, 0.2) is 53.3 Å². The second kappa shape index (κ2) is 7.85. The van der Waals surface area contributed by atoms with Gasteiger partial charge in [0.05, 0.1) is 24.2 Å². The van der Waals surface area contributed by atoms with E-state index >= 15 is 0 Å². The normalized spacial score (nSPS) is 11.5. The summed E-state index contributed by atoms with van der Waals surface area (Å²) in [7, 11) is 1.63. The van der Waals surface area contributed by atoms with Gasteiger partial charge in [0.2, 0.25) is 0 Å². The summed E-state index contributed by atoms with van der Waals surface area (Å²) in [6.07, 6.45) is 2.40. The molecule has 0 saturated heterocycles. The average molecular weight is 474 g/mol. The largest absolute Gasteiger partial charge is 0.493 e. The topological polar surface area (TPSA) is 96.7 Å². The van der Waals surface area contributed by atoms with Crippen LogP contribution in [0.1, 0.15) is 22.5 Å². The van der Waals surface area contributed by atoms with Crippen molar-refractivity contribution in [2.24, 2.45) is 0 Å². The Hall–Kier alpha value is -3.70. The van der Waals surface area contributed by atoms with Gasteiger partial charge in [-0.15, -0.1) is 0 Å². The van der Waals surface area contributed by atoms with E-state index in [1.165, 1.54) is 0 Å². The predicted molar refractivity (Wildman–Crippen MR) is 118 cm³/mol. The number of benzene rings is 1. The maximum atomic E-state index is 8.97. The Morgan fingerprint density at radius 3 is 2.84 bits per heavy atom. The molecule has 3 heterocycles. The van der Waals surface area contributed by atoms with Crippen LogP contribution >= 0.6 is 15.9 Å². The zero-order valence-corrected chi connectivity index (χ0v) is 18.1. The van der Waals surface area contributed by atoms with E-state index in [1.807, 2.05) is 42.5 Å². The SMILES string of the molecule is COc1cc2c(cc1OCc1cccc(Br)n1)-c1[nH]nc(-c3ccc(C#N)nc3)c1C2. The highest BCUT2D eigenvalue weighted by atomic mass is 79.9. The number of hydrogen-bond acceptors (Lipinski definition) is 6. The number of H-pyrrole nitrogens is 1. The lowest BCUT2D eigenvalue weighted by atomic mass is 10.1. The van der Waals surface area contributed by atoms with Crippen LogP contribution in [0.4, 0.5) is 0 Å². The molecule has 7 nitrogen and oxygen atoms in total. The van der Waals surface area contributed by atoms with Crippen molar-refractivity contribution in [2.45, 2.75) is 13.0 Å². The molecule has 152 valence electrons. The molecule has 1 aromatic carbocycles. The summed E-state index contributed by atoms with van der Waals surface area (Å²) in [6.45, 7) is 0.326. The minimum absolute atomic E-state index is 0.326. The summed E-state index contributed by atoms with van der Waals surface area (Å²) in [6, 6.07) is 15.3. The van der Waals surface area contributed by atoms with E-state index in [2.05, 4.69) is 36.1 Å². The molecular weight excluding hydrogens is 458 g/mol. The van der Waals surface area contributed by atoms with Gasteiger partial charge in [-0.25, -0.2) is 9.97 Å². The zero-order chi connectivity index (χ0) is 21.4. The second-order valence-corrected chi connectivity index (χ2v) is 7.86. The second-order valence-electron chi connectivity index (χ2n) is 7.05. The first-order valence-electron chi connectivity index (χ1n) is 9.55. The Kier molecular flexibility index (Phi) is 4.88. The van der Waals surface area contributed by atoms with Crippen LogP contribution in [0.5, 0.6) is 11.5 Å². The fourth-order valence-electron chi connectivity index (χ4n) is 3.73. The number of rotatable bonds is 5. The van der Waals surface area contributed by atoms with E-state index in [0.29, 0.717) is 23.8 Å². The molecule has 1 aliphatic rings. The van der Waals surface area contributed by atoms with Crippen molar-refractivity contribution in [3.05, 3.63) is 75.8 Å². The van der Waals surface area contributed by atoms with Crippen LogP contribution in [0.2, 0.25) is 0 Å². The minimum atomic E-state index is 0.326. The van der Waals surface area contributed by atoms with Gasteiger partial charge < -0.3 is 9.47 Å². The van der Waals surface area contributed by atoms with Gasteiger partial charge in [-0.1, -0.05) is 6.07 Å². The summed E-state index contributed by atoms with van der Waals surface area (Å²) in [4.78, 5) is 8.57. The summed E-state index contributed by atoms with van der Waals surface area (Å²) in [5.74, 6) is 1.32. The van der Waals surface area contributed by atoms with Gasteiger partial charge in [-0.05, 0) is 57.9 Å². The molecule has 4 aromatic rings. The molecule has 8 heteroatoms. The van der Waals surface area contributed by atoms with E-state index in [-0.39, 0.29) is 0 Å². The Morgan fingerprint density at radius 1 is 1.19 bits per heavy atom. The molecule has 0 unspecified atom stereocenters. The van der Waals surface area contributed by atoms with Crippen LogP contribution in [0.25, 0.3) is 22.5 Å². The van der Waals surface area contributed by atoms with E-state index in [9.17, 15) is 0 Å². The maximum Gasteiger partial charge on any atom is 0.162 e. The molecule has 1 N–H and O–H groups in total. The van der Waals surface area contributed by atoms with Crippen LogP contribution in [0.3, 0.4) is 0 Å². The number of fused-ring (bicyclic) bond motifs is 3. The minimum Gasteiger partial charge on any atom is -0.493 e. The first-order valence-corrected chi connectivity index (χ1v) is 10.3. The first kappa shape index (κ1) is 19.3. The molecule has 1 aliphatic carbocycles. The number of methoxy groups -OCH3 is 1. The van der Waals surface area contributed by atoms with Crippen molar-refractivity contribution in [2.75, 3.05) is 7.11 Å². The molecule has 31 heavy (non-hydrogen) atoms. The van der Waals surface area contributed by atoms with E-state index < -0.39 is 0 Å². The zero-order valence-electron chi connectivity index (χ0n) is 16.5. The number of aromatic amines is 1. The number of aromatic nitrogens is 4. The summed E-state index contributed by atoms with van der Waals surface area (Å²) >= 11 is 3.38. The molecule has 0 bridgehead atoms. The fourth-order valence-corrected chi connectivity index (χ4v) is 4.11. The van der Waals surface area contributed by atoms with Gasteiger partial charge in [0, 0.05) is 29.3 Å². The van der Waals surface area contributed by atoms with Crippen molar-refractivity contribution in [3.8, 4) is 40.1 Å². The van der Waals surface area contributed by atoms with Crippen LogP contribution in [0, 0.1) is 11.3 Å². The molecule has 0 amide bonds. The predicted octanol–water partition coefficient (Wildman–Crippen LogP) is 4.66. The quantitative estimate of drug-likeness (QED) is 0.372. The van der Waals surface area contributed by atoms with E-state index in [1.54, 1.807) is 19.4 Å². The molecule has 0 atom stereocenters. The average Bonchev–Trinajstić information content (AvgIpc) is 3.36. The fraction of sp³-hybridized carbons (Fsp3) is 0.130. The van der Waals surface area contributed by atoms with Crippen molar-refractivity contribution >= 4 is 15.9 Å². The molecule has 0 radical (unpaired) electrons. The monoisotopic (exact) mass is 473 g/mol. The Morgan fingerprint density at radius 2 is 2.10 bits per heavy atom.